The summed E-state index contributed by atoms with van der Waals surface area (Å²) >= 11 is 5.82. The molecule has 0 bridgehead atoms. The van der Waals surface area contributed by atoms with Crippen LogP contribution in [0.1, 0.15) is 13.8 Å². The Morgan fingerprint density at radius 2 is 1.79 bits per heavy atom. The van der Waals surface area contributed by atoms with Gasteiger partial charge in [-0.25, -0.2) is 4.52 Å². The van der Waals surface area contributed by atoms with E-state index in [0.717, 1.165) is 5.52 Å². The van der Waals surface area contributed by atoms with Crippen LogP contribution in [0.25, 0.3) is 5.52 Å². The van der Waals surface area contributed by atoms with Crippen LogP contribution in [0.4, 0.5) is 0 Å². The largest absolute Gasteiger partial charge is 0.437 e. The Hall–Kier alpha value is -2.07. The molecular formula is C14H14ClN3O. The maximum absolute atomic E-state index is 5.82. The van der Waals surface area contributed by atoms with Gasteiger partial charge in [-0.05, 0) is 35.9 Å². The normalized spacial score (nSPS) is 9.84. The Balaban J connectivity index is 0.000000637. The van der Waals surface area contributed by atoms with Crippen LogP contribution < -0.4 is 4.74 Å². The summed E-state index contributed by atoms with van der Waals surface area (Å²) in [6.07, 6.45) is 1.79. The lowest BCUT2D eigenvalue weighted by molar-refractivity contribution is 0.463. The number of fused-ring (bicyclic) bond motifs is 1. The summed E-state index contributed by atoms with van der Waals surface area (Å²) in [6, 6.07) is 13.2. The molecule has 4 nitrogen and oxygen atoms in total. The Morgan fingerprint density at radius 1 is 1.05 bits per heavy atom. The first kappa shape index (κ1) is 13.4. The number of hydrogen-bond acceptors (Lipinski definition) is 3. The Kier molecular flexibility index (Phi) is 4.36. The fourth-order valence-electron chi connectivity index (χ4n) is 1.56. The lowest BCUT2D eigenvalue weighted by Crippen LogP contribution is -1.97. The van der Waals surface area contributed by atoms with Crippen molar-refractivity contribution in [2.45, 2.75) is 13.8 Å². The lowest BCUT2D eigenvalue weighted by Gasteiger charge is -2.06. The maximum Gasteiger partial charge on any atom is 0.248 e. The van der Waals surface area contributed by atoms with Crippen molar-refractivity contribution < 1.29 is 4.74 Å². The predicted molar refractivity (Wildman–Crippen MR) is 75.9 cm³/mol. The third kappa shape index (κ3) is 3.03. The van der Waals surface area contributed by atoms with Crippen molar-refractivity contribution in [1.82, 2.24) is 14.6 Å². The van der Waals surface area contributed by atoms with E-state index in [1.165, 1.54) is 0 Å². The fourth-order valence-corrected chi connectivity index (χ4v) is 1.71. The number of benzene rings is 1. The van der Waals surface area contributed by atoms with Crippen molar-refractivity contribution in [3.63, 3.8) is 0 Å². The molecule has 1 aromatic carbocycles. The third-order valence-electron chi connectivity index (χ3n) is 2.29. The van der Waals surface area contributed by atoms with Crippen LogP contribution >= 0.6 is 11.6 Å². The monoisotopic (exact) mass is 275 g/mol. The number of aromatic nitrogens is 3. The lowest BCUT2D eigenvalue weighted by atomic mass is 10.3. The van der Waals surface area contributed by atoms with Crippen LogP contribution in [0.15, 0.2) is 48.7 Å². The van der Waals surface area contributed by atoms with Crippen molar-refractivity contribution in [1.29, 1.82) is 0 Å². The highest BCUT2D eigenvalue weighted by Crippen LogP contribution is 2.24. The molecule has 5 heteroatoms. The molecule has 0 unspecified atom stereocenters. The van der Waals surface area contributed by atoms with E-state index >= 15 is 0 Å². The molecule has 0 saturated carbocycles. The van der Waals surface area contributed by atoms with Crippen LogP contribution in [0, 0.1) is 0 Å². The number of para-hydroxylation sites is 1. The van der Waals surface area contributed by atoms with Crippen molar-refractivity contribution in [3.8, 4) is 11.6 Å². The third-order valence-corrected chi connectivity index (χ3v) is 2.45. The van der Waals surface area contributed by atoms with Gasteiger partial charge in [0.05, 0.1) is 0 Å². The van der Waals surface area contributed by atoms with Crippen LogP contribution in [0.5, 0.6) is 11.6 Å². The summed E-state index contributed by atoms with van der Waals surface area (Å²) in [5, 5.41) is 4.18. The van der Waals surface area contributed by atoms with E-state index in [1.54, 1.807) is 10.7 Å². The molecule has 0 N–H and O–H groups in total. The highest BCUT2D eigenvalue weighted by atomic mass is 35.5. The molecule has 0 radical (unpaired) electrons. The average Bonchev–Trinajstić information content (AvgIpc) is 2.90. The van der Waals surface area contributed by atoms with E-state index in [2.05, 4.69) is 10.1 Å². The van der Waals surface area contributed by atoms with Crippen LogP contribution in [0.2, 0.25) is 5.28 Å². The maximum atomic E-state index is 5.82. The van der Waals surface area contributed by atoms with Crippen molar-refractivity contribution in [2.24, 2.45) is 0 Å². The zero-order valence-electron chi connectivity index (χ0n) is 10.7. The van der Waals surface area contributed by atoms with Gasteiger partial charge in [0, 0.05) is 6.20 Å². The molecule has 0 spiro atoms. The molecule has 19 heavy (non-hydrogen) atoms. The molecule has 0 aliphatic heterocycles. The predicted octanol–water partition coefficient (Wildman–Crippen LogP) is 4.20. The number of hydrogen-bond donors (Lipinski definition) is 0. The van der Waals surface area contributed by atoms with Crippen LogP contribution in [-0.4, -0.2) is 14.6 Å². The minimum Gasteiger partial charge on any atom is -0.437 e. The smallest absolute Gasteiger partial charge is 0.248 e. The van der Waals surface area contributed by atoms with E-state index in [1.807, 2.05) is 56.3 Å². The molecule has 3 aromatic rings. The van der Waals surface area contributed by atoms with Gasteiger partial charge in [0.1, 0.15) is 11.3 Å². The number of nitrogens with zero attached hydrogens (tertiary/aromatic N) is 3. The molecule has 0 amide bonds. The second-order valence-electron chi connectivity index (χ2n) is 3.44. The van der Waals surface area contributed by atoms with Gasteiger partial charge in [0.2, 0.25) is 11.2 Å². The first-order valence-corrected chi connectivity index (χ1v) is 6.44. The van der Waals surface area contributed by atoms with Crippen molar-refractivity contribution >= 4 is 17.1 Å². The Morgan fingerprint density at radius 3 is 2.53 bits per heavy atom. The van der Waals surface area contributed by atoms with Gasteiger partial charge < -0.3 is 4.74 Å². The van der Waals surface area contributed by atoms with Crippen molar-refractivity contribution in [3.05, 3.63) is 53.9 Å². The van der Waals surface area contributed by atoms with E-state index in [9.17, 15) is 0 Å². The molecule has 0 fully saturated rings. The highest BCUT2D eigenvalue weighted by molar-refractivity contribution is 6.28. The Labute approximate surface area is 116 Å². The quantitative estimate of drug-likeness (QED) is 0.703. The number of halogens is 1. The van der Waals surface area contributed by atoms with Gasteiger partial charge in [-0.1, -0.05) is 32.0 Å². The second kappa shape index (κ2) is 6.20. The average molecular weight is 276 g/mol. The van der Waals surface area contributed by atoms with E-state index in [4.69, 9.17) is 16.3 Å². The standard InChI is InChI=1S/C12H8ClN3O.C2H6/c13-12-14-11(10-7-4-8-16(10)15-12)17-9-5-2-1-3-6-9;1-2/h1-8H;1-2H3. The zero-order valence-corrected chi connectivity index (χ0v) is 11.5. The molecule has 0 aliphatic carbocycles. The highest BCUT2D eigenvalue weighted by Gasteiger charge is 2.08. The second-order valence-corrected chi connectivity index (χ2v) is 3.78. The van der Waals surface area contributed by atoms with Crippen LogP contribution in [0.3, 0.4) is 0 Å². The fraction of sp³-hybridized carbons (Fsp3) is 0.143. The molecule has 0 atom stereocenters. The van der Waals surface area contributed by atoms with E-state index in [0.29, 0.717) is 11.6 Å². The zero-order chi connectivity index (χ0) is 13.7. The summed E-state index contributed by atoms with van der Waals surface area (Å²) in [5.41, 5.74) is 0.776. The number of ether oxygens (including phenoxy) is 1. The van der Waals surface area contributed by atoms with Gasteiger partial charge >= 0.3 is 0 Å². The molecule has 0 saturated heterocycles. The van der Waals surface area contributed by atoms with Gasteiger partial charge in [-0.3, -0.25) is 0 Å². The summed E-state index contributed by atoms with van der Waals surface area (Å²) in [6.45, 7) is 4.00. The number of rotatable bonds is 2. The van der Waals surface area contributed by atoms with Crippen LogP contribution in [-0.2, 0) is 0 Å². The first-order chi connectivity index (χ1) is 9.33. The molecule has 3 rings (SSSR count). The minimum absolute atomic E-state index is 0.152. The molecule has 98 valence electrons. The van der Waals surface area contributed by atoms with Gasteiger partial charge in [-0.2, -0.15) is 4.98 Å². The summed E-state index contributed by atoms with van der Waals surface area (Å²) in [5.74, 6) is 1.16. The molecule has 0 aliphatic rings. The van der Waals surface area contributed by atoms with Crippen molar-refractivity contribution in [2.75, 3.05) is 0 Å². The first-order valence-electron chi connectivity index (χ1n) is 6.07. The topological polar surface area (TPSA) is 39.4 Å². The summed E-state index contributed by atoms with van der Waals surface area (Å²) < 4.78 is 7.31. The molecular weight excluding hydrogens is 262 g/mol. The molecule has 2 heterocycles. The van der Waals surface area contributed by atoms with E-state index in [-0.39, 0.29) is 5.28 Å². The van der Waals surface area contributed by atoms with E-state index < -0.39 is 0 Å². The Bertz CT molecular complexity index is 652. The van der Waals surface area contributed by atoms with Gasteiger partial charge in [-0.15, -0.1) is 5.10 Å². The SMILES string of the molecule is CC.Clc1nc(Oc2ccccc2)c2cccn2n1. The molecule has 2 aromatic heterocycles. The van der Waals surface area contributed by atoms with Gasteiger partial charge in [0.25, 0.3) is 0 Å². The summed E-state index contributed by atoms with van der Waals surface area (Å²) in [7, 11) is 0. The minimum atomic E-state index is 0.152. The van der Waals surface area contributed by atoms with Gasteiger partial charge in [0.15, 0.2) is 0 Å². The summed E-state index contributed by atoms with van der Waals surface area (Å²) in [4.78, 5) is 4.08.